The van der Waals surface area contributed by atoms with Crippen LogP contribution in [0.25, 0.3) is 5.69 Å². The van der Waals surface area contributed by atoms with Crippen LogP contribution in [-0.2, 0) is 15.6 Å². The van der Waals surface area contributed by atoms with Gasteiger partial charge in [-0.3, -0.25) is 0 Å². The van der Waals surface area contributed by atoms with Gasteiger partial charge in [0.25, 0.3) is 0 Å². The number of rotatable bonds is 6. The summed E-state index contributed by atoms with van der Waals surface area (Å²) in [6, 6.07) is 9.37. The molecule has 0 fully saturated rings. The van der Waals surface area contributed by atoms with Crippen LogP contribution in [-0.4, -0.2) is 36.0 Å². The Hall–Kier alpha value is -0.980. The molecule has 1 aromatic heterocycles. The van der Waals surface area contributed by atoms with Gasteiger partial charge in [0.05, 0.1) is 17.1 Å². The Morgan fingerprint density at radius 3 is 2.60 bits per heavy atom. The molecule has 108 valence electrons. The fourth-order valence-electron chi connectivity index (χ4n) is 1.56. The molecule has 7 heteroatoms. The molecular formula is C13H15ClN2O2S2. The Morgan fingerprint density at radius 2 is 1.95 bits per heavy atom. The van der Waals surface area contributed by atoms with Crippen molar-refractivity contribution in [3.63, 3.8) is 0 Å². The van der Waals surface area contributed by atoms with E-state index in [9.17, 15) is 8.42 Å². The smallest absolute Gasteiger partial charge is 0.148 e. The molecule has 0 N–H and O–H groups in total. The second-order valence-electron chi connectivity index (χ2n) is 4.41. The van der Waals surface area contributed by atoms with E-state index in [1.54, 1.807) is 16.4 Å². The van der Waals surface area contributed by atoms with Crippen molar-refractivity contribution < 1.29 is 8.42 Å². The van der Waals surface area contributed by atoms with Crippen LogP contribution in [0.5, 0.6) is 0 Å². The van der Waals surface area contributed by atoms with Crippen molar-refractivity contribution in [2.24, 2.45) is 0 Å². The van der Waals surface area contributed by atoms with Gasteiger partial charge < -0.3 is 0 Å². The van der Waals surface area contributed by atoms with E-state index in [4.69, 9.17) is 11.6 Å². The molecule has 1 aromatic carbocycles. The quantitative estimate of drug-likeness (QED) is 0.764. The number of thioether (sulfide) groups is 1. The Bertz CT molecular complexity index is 666. The summed E-state index contributed by atoms with van der Waals surface area (Å²) < 4.78 is 23.8. The molecule has 0 unspecified atom stereocenters. The predicted molar refractivity (Wildman–Crippen MR) is 84.4 cm³/mol. The zero-order chi connectivity index (χ0) is 14.6. The lowest BCUT2D eigenvalue weighted by Crippen LogP contribution is -2.05. The van der Waals surface area contributed by atoms with Gasteiger partial charge in [0.15, 0.2) is 0 Å². The van der Waals surface area contributed by atoms with Gasteiger partial charge in [-0.1, -0.05) is 11.6 Å². The van der Waals surface area contributed by atoms with E-state index in [-0.39, 0.29) is 5.75 Å². The van der Waals surface area contributed by atoms with Gasteiger partial charge in [-0.25, -0.2) is 13.1 Å². The standard InChI is InChI=1S/C13H15ClN2O2S2/c1-20(17,18)9-8-19-10-12-6-7-16(15-12)13-4-2-11(14)3-5-13/h2-7H,8-10H2,1H3. The van der Waals surface area contributed by atoms with E-state index in [1.165, 1.54) is 6.26 Å². The zero-order valence-corrected chi connectivity index (χ0v) is 13.4. The first-order chi connectivity index (χ1) is 9.44. The average molecular weight is 331 g/mol. The first-order valence-electron chi connectivity index (χ1n) is 6.00. The van der Waals surface area contributed by atoms with Gasteiger partial charge >= 0.3 is 0 Å². The Morgan fingerprint density at radius 1 is 1.25 bits per heavy atom. The number of nitrogens with zero attached hydrogens (tertiary/aromatic N) is 2. The third-order valence-electron chi connectivity index (χ3n) is 2.58. The van der Waals surface area contributed by atoms with E-state index in [0.717, 1.165) is 11.4 Å². The van der Waals surface area contributed by atoms with Crippen LogP contribution in [0.3, 0.4) is 0 Å². The van der Waals surface area contributed by atoms with E-state index in [0.29, 0.717) is 16.5 Å². The summed E-state index contributed by atoms with van der Waals surface area (Å²) >= 11 is 7.41. The third-order valence-corrected chi connectivity index (χ3v) is 5.03. The van der Waals surface area contributed by atoms with E-state index < -0.39 is 9.84 Å². The summed E-state index contributed by atoms with van der Waals surface area (Å²) in [6.45, 7) is 0. The maximum atomic E-state index is 11.0. The van der Waals surface area contributed by atoms with Gasteiger partial charge in [0, 0.05) is 29.0 Å². The van der Waals surface area contributed by atoms with E-state index in [1.807, 2.05) is 36.5 Å². The highest BCUT2D eigenvalue weighted by atomic mass is 35.5. The summed E-state index contributed by atoms with van der Waals surface area (Å²) in [7, 11) is -2.88. The lowest BCUT2D eigenvalue weighted by Gasteiger charge is -2.01. The van der Waals surface area contributed by atoms with Crippen molar-refractivity contribution in [3.8, 4) is 5.69 Å². The van der Waals surface area contributed by atoms with Gasteiger partial charge in [-0.05, 0) is 30.3 Å². The van der Waals surface area contributed by atoms with Gasteiger partial charge in [0.1, 0.15) is 9.84 Å². The minimum absolute atomic E-state index is 0.204. The van der Waals surface area contributed by atoms with Crippen LogP contribution >= 0.6 is 23.4 Å². The van der Waals surface area contributed by atoms with Crippen molar-refractivity contribution in [3.05, 3.63) is 47.2 Å². The highest BCUT2D eigenvalue weighted by Crippen LogP contribution is 2.15. The first kappa shape index (κ1) is 15.4. The minimum atomic E-state index is -2.88. The third kappa shape index (κ3) is 4.85. The SMILES string of the molecule is CS(=O)(=O)CCSCc1ccn(-c2ccc(Cl)cc2)n1. The van der Waals surface area contributed by atoms with Crippen LogP contribution in [0.2, 0.25) is 5.02 Å². The summed E-state index contributed by atoms with van der Waals surface area (Å²) in [5, 5.41) is 5.14. The number of sulfone groups is 1. The Kier molecular flexibility index (Phi) is 5.12. The van der Waals surface area contributed by atoms with Crippen LogP contribution in [0.1, 0.15) is 5.69 Å². The van der Waals surface area contributed by atoms with Crippen molar-refractivity contribution >= 4 is 33.2 Å². The number of benzene rings is 1. The van der Waals surface area contributed by atoms with Crippen LogP contribution in [0, 0.1) is 0 Å². The lowest BCUT2D eigenvalue weighted by molar-refractivity contribution is 0.603. The largest absolute Gasteiger partial charge is 0.241 e. The molecule has 0 bridgehead atoms. The summed E-state index contributed by atoms with van der Waals surface area (Å²) in [5.74, 6) is 1.50. The molecule has 0 saturated heterocycles. The first-order valence-corrected chi connectivity index (χ1v) is 9.59. The monoisotopic (exact) mass is 330 g/mol. The lowest BCUT2D eigenvalue weighted by atomic mass is 10.3. The van der Waals surface area contributed by atoms with E-state index >= 15 is 0 Å². The molecule has 0 aliphatic carbocycles. The molecule has 20 heavy (non-hydrogen) atoms. The highest BCUT2D eigenvalue weighted by molar-refractivity contribution is 7.99. The summed E-state index contributed by atoms with van der Waals surface area (Å²) in [4.78, 5) is 0. The molecule has 0 aliphatic rings. The molecule has 0 amide bonds. The molecule has 4 nitrogen and oxygen atoms in total. The number of hydrogen-bond acceptors (Lipinski definition) is 4. The molecule has 2 aromatic rings. The highest BCUT2D eigenvalue weighted by Gasteiger charge is 2.04. The predicted octanol–water partition coefficient (Wildman–Crippen LogP) is 2.80. The minimum Gasteiger partial charge on any atom is -0.241 e. The number of aromatic nitrogens is 2. The molecule has 0 spiro atoms. The normalized spacial score (nSPS) is 11.7. The molecule has 0 saturated carbocycles. The molecule has 0 aliphatic heterocycles. The van der Waals surface area contributed by atoms with Crippen molar-refractivity contribution in [1.29, 1.82) is 0 Å². The van der Waals surface area contributed by atoms with Crippen molar-refractivity contribution in [1.82, 2.24) is 9.78 Å². The fraction of sp³-hybridized carbons (Fsp3) is 0.308. The molecule has 1 heterocycles. The van der Waals surface area contributed by atoms with Crippen molar-refractivity contribution in [2.45, 2.75) is 5.75 Å². The maximum Gasteiger partial charge on any atom is 0.148 e. The van der Waals surface area contributed by atoms with Crippen LogP contribution < -0.4 is 0 Å². The molecular weight excluding hydrogens is 316 g/mol. The van der Waals surface area contributed by atoms with E-state index in [2.05, 4.69) is 5.10 Å². The Balaban J connectivity index is 1.91. The van der Waals surface area contributed by atoms with Crippen molar-refractivity contribution in [2.75, 3.05) is 17.8 Å². The molecule has 0 atom stereocenters. The maximum absolute atomic E-state index is 11.0. The van der Waals surface area contributed by atoms with Gasteiger partial charge in [0.2, 0.25) is 0 Å². The molecule has 0 radical (unpaired) electrons. The number of hydrogen-bond donors (Lipinski definition) is 0. The fourth-order valence-corrected chi connectivity index (χ4v) is 3.88. The summed E-state index contributed by atoms with van der Waals surface area (Å²) in [5.41, 5.74) is 1.88. The van der Waals surface area contributed by atoms with Crippen LogP contribution in [0.4, 0.5) is 0 Å². The second-order valence-corrected chi connectivity index (χ2v) is 8.21. The van der Waals surface area contributed by atoms with Crippen LogP contribution in [0.15, 0.2) is 36.5 Å². The van der Waals surface area contributed by atoms with Gasteiger partial charge in [-0.2, -0.15) is 16.9 Å². The summed E-state index contributed by atoms with van der Waals surface area (Å²) in [6.07, 6.45) is 3.14. The van der Waals surface area contributed by atoms with Gasteiger partial charge in [-0.15, -0.1) is 0 Å². The average Bonchev–Trinajstić information content (AvgIpc) is 2.83. The number of halogens is 1. The Labute approximate surface area is 128 Å². The molecule has 2 rings (SSSR count). The topological polar surface area (TPSA) is 52.0 Å². The second kappa shape index (κ2) is 6.65. The zero-order valence-electron chi connectivity index (χ0n) is 11.0.